The Morgan fingerprint density at radius 3 is 2.76 bits per heavy atom. The van der Waals surface area contributed by atoms with Crippen molar-refractivity contribution >= 4 is 17.4 Å². The van der Waals surface area contributed by atoms with Crippen LogP contribution in [0.5, 0.6) is 0 Å². The Bertz CT molecular complexity index is 1280. The number of aromatic nitrogens is 4. The van der Waals surface area contributed by atoms with E-state index >= 15 is 0 Å². The summed E-state index contributed by atoms with van der Waals surface area (Å²) in [5, 5.41) is 9.50. The average molecular weight is 459 g/mol. The van der Waals surface area contributed by atoms with Crippen molar-refractivity contribution in [2.75, 3.05) is 31.2 Å². The number of nitrogens with zero attached hydrogens (tertiary/aromatic N) is 6. The van der Waals surface area contributed by atoms with E-state index in [1.54, 1.807) is 6.92 Å². The zero-order chi connectivity index (χ0) is 23.4. The van der Waals surface area contributed by atoms with Crippen molar-refractivity contribution in [3.8, 4) is 11.1 Å². The molecule has 0 spiro atoms. The smallest absolute Gasteiger partial charge is 0.219 e. The summed E-state index contributed by atoms with van der Waals surface area (Å²) in [6.07, 6.45) is 9.20. The van der Waals surface area contributed by atoms with Crippen molar-refractivity contribution in [2.24, 2.45) is 7.05 Å². The van der Waals surface area contributed by atoms with Gasteiger partial charge in [-0.25, -0.2) is 0 Å². The van der Waals surface area contributed by atoms with E-state index in [-0.39, 0.29) is 17.9 Å². The molecular formula is C26H30N6O2. The van der Waals surface area contributed by atoms with Gasteiger partial charge in [-0.15, -0.1) is 0 Å². The first kappa shape index (κ1) is 21.2. The van der Waals surface area contributed by atoms with Gasteiger partial charge >= 0.3 is 0 Å². The molecule has 5 heterocycles. The van der Waals surface area contributed by atoms with E-state index in [1.165, 1.54) is 28.1 Å². The number of carbonyl (C=O) groups excluding carboxylic acids is 1. The quantitative estimate of drug-likeness (QED) is 0.559. The fourth-order valence-electron chi connectivity index (χ4n) is 5.42. The maximum atomic E-state index is 12.2. The molecule has 34 heavy (non-hydrogen) atoms. The Kier molecular flexibility index (Phi) is 5.06. The summed E-state index contributed by atoms with van der Waals surface area (Å²) in [5.74, 6) is 1.37. The largest absolute Gasteiger partial charge is 0.377 e. The number of benzene rings is 1. The molecule has 2 aromatic heterocycles. The highest BCUT2D eigenvalue weighted by atomic mass is 16.5. The normalized spacial score (nSPS) is 20.0. The Hall–Kier alpha value is -3.39. The Balaban J connectivity index is 1.45. The number of ether oxygens (including phenoxy) is 1. The van der Waals surface area contributed by atoms with Crippen molar-refractivity contribution in [1.29, 1.82) is 0 Å². The van der Waals surface area contributed by atoms with E-state index < -0.39 is 0 Å². The molecular weight excluding hydrogens is 428 g/mol. The third-order valence-corrected chi connectivity index (χ3v) is 7.29. The van der Waals surface area contributed by atoms with Crippen LogP contribution in [-0.2, 0) is 29.5 Å². The zero-order valence-corrected chi connectivity index (χ0v) is 19.9. The van der Waals surface area contributed by atoms with Crippen molar-refractivity contribution in [1.82, 2.24) is 24.5 Å². The van der Waals surface area contributed by atoms with Gasteiger partial charge in [-0.2, -0.15) is 10.2 Å². The van der Waals surface area contributed by atoms with Gasteiger partial charge in [0.25, 0.3) is 0 Å². The fraction of sp³-hybridized carbons (Fsp3) is 0.423. The predicted molar refractivity (Wildman–Crippen MR) is 130 cm³/mol. The maximum absolute atomic E-state index is 12.2. The highest BCUT2D eigenvalue weighted by Crippen LogP contribution is 2.45. The standard InChI is InChI=1S/C26H30N6O2/c1-4-5-19-13-31(24-7-6-18(10-22(19)24)20-11-27-29(3)12-20)26-23-14-30(17(2)33)9-8-25(23)32(28-26)21-15-34-16-21/h4-7,10-12,19,21H,8-9,13-16H2,1-3H3/b5-4+. The van der Waals surface area contributed by atoms with Gasteiger partial charge in [0.05, 0.1) is 32.0 Å². The molecule has 176 valence electrons. The van der Waals surface area contributed by atoms with Gasteiger partial charge in [-0.1, -0.05) is 18.2 Å². The Morgan fingerprint density at radius 1 is 1.24 bits per heavy atom. The number of allylic oxidation sites excluding steroid dienone is 1. The average Bonchev–Trinajstić information content (AvgIpc) is 3.48. The fourth-order valence-corrected chi connectivity index (χ4v) is 5.42. The maximum Gasteiger partial charge on any atom is 0.219 e. The van der Waals surface area contributed by atoms with Gasteiger partial charge in [0.1, 0.15) is 0 Å². The summed E-state index contributed by atoms with van der Waals surface area (Å²) in [6, 6.07) is 6.96. The number of hydrogen-bond acceptors (Lipinski definition) is 5. The second kappa shape index (κ2) is 8.13. The number of fused-ring (bicyclic) bond motifs is 2. The summed E-state index contributed by atoms with van der Waals surface area (Å²) in [4.78, 5) is 16.5. The summed E-state index contributed by atoms with van der Waals surface area (Å²) in [5.41, 5.74) is 7.21. The molecule has 1 unspecified atom stereocenters. The van der Waals surface area contributed by atoms with Crippen LogP contribution < -0.4 is 4.90 Å². The van der Waals surface area contributed by atoms with E-state index in [0.717, 1.165) is 30.9 Å². The van der Waals surface area contributed by atoms with E-state index in [2.05, 4.69) is 52.0 Å². The van der Waals surface area contributed by atoms with Gasteiger partial charge in [0.15, 0.2) is 5.82 Å². The molecule has 0 N–H and O–H groups in total. The SMILES string of the molecule is C/C=C/C1CN(c2nn(C3COC3)c3c2CN(C(C)=O)CC3)c2ccc(-c3cnn(C)c3)cc21. The van der Waals surface area contributed by atoms with E-state index in [0.29, 0.717) is 19.8 Å². The Morgan fingerprint density at radius 2 is 2.09 bits per heavy atom. The highest BCUT2D eigenvalue weighted by Gasteiger charge is 2.37. The number of aryl methyl sites for hydroxylation is 1. The third kappa shape index (κ3) is 3.36. The van der Waals surface area contributed by atoms with Crippen LogP contribution in [0.2, 0.25) is 0 Å². The summed E-state index contributed by atoms with van der Waals surface area (Å²) in [7, 11) is 1.94. The first-order valence-corrected chi connectivity index (χ1v) is 12.0. The van der Waals surface area contributed by atoms with Crippen LogP contribution in [0.4, 0.5) is 11.5 Å². The lowest BCUT2D eigenvalue weighted by molar-refractivity contribution is -0.129. The monoisotopic (exact) mass is 458 g/mol. The first-order chi connectivity index (χ1) is 16.5. The minimum absolute atomic E-state index is 0.117. The lowest BCUT2D eigenvalue weighted by Crippen LogP contribution is -2.37. The van der Waals surface area contributed by atoms with Crippen LogP contribution in [0, 0.1) is 0 Å². The number of hydrogen-bond donors (Lipinski definition) is 0. The van der Waals surface area contributed by atoms with Gasteiger partial charge in [0.2, 0.25) is 5.91 Å². The van der Waals surface area contributed by atoms with Gasteiger partial charge in [-0.3, -0.25) is 14.2 Å². The van der Waals surface area contributed by atoms with Gasteiger partial charge in [0, 0.05) is 68.1 Å². The van der Waals surface area contributed by atoms with Crippen molar-refractivity contribution in [3.05, 3.63) is 59.6 Å². The highest BCUT2D eigenvalue weighted by molar-refractivity contribution is 5.78. The second-order valence-electron chi connectivity index (χ2n) is 9.49. The van der Waals surface area contributed by atoms with Crippen LogP contribution in [0.25, 0.3) is 11.1 Å². The van der Waals surface area contributed by atoms with Crippen LogP contribution in [0.15, 0.2) is 42.7 Å². The van der Waals surface area contributed by atoms with E-state index in [4.69, 9.17) is 9.84 Å². The van der Waals surface area contributed by atoms with Crippen LogP contribution >= 0.6 is 0 Å². The van der Waals surface area contributed by atoms with Crippen LogP contribution in [0.3, 0.4) is 0 Å². The lowest BCUT2D eigenvalue weighted by Gasteiger charge is -2.31. The van der Waals surface area contributed by atoms with Crippen molar-refractivity contribution in [3.63, 3.8) is 0 Å². The Labute approximate surface area is 199 Å². The molecule has 1 amide bonds. The van der Waals surface area contributed by atoms with Crippen molar-refractivity contribution in [2.45, 2.75) is 38.8 Å². The van der Waals surface area contributed by atoms with Crippen molar-refractivity contribution < 1.29 is 9.53 Å². The zero-order valence-electron chi connectivity index (χ0n) is 19.9. The predicted octanol–water partition coefficient (Wildman–Crippen LogP) is 3.57. The molecule has 3 aromatic rings. The van der Waals surface area contributed by atoms with E-state index in [1.807, 2.05) is 29.0 Å². The molecule has 0 aliphatic carbocycles. The first-order valence-electron chi connectivity index (χ1n) is 12.0. The topological polar surface area (TPSA) is 68.4 Å². The molecule has 1 atom stereocenters. The number of anilines is 2. The molecule has 8 heteroatoms. The van der Waals surface area contributed by atoms with Gasteiger partial charge in [-0.05, 0) is 30.2 Å². The molecule has 0 radical (unpaired) electrons. The molecule has 1 fully saturated rings. The van der Waals surface area contributed by atoms with Gasteiger partial charge < -0.3 is 14.5 Å². The number of amides is 1. The van der Waals surface area contributed by atoms with Crippen LogP contribution in [0.1, 0.15) is 42.6 Å². The molecule has 3 aliphatic rings. The lowest BCUT2D eigenvalue weighted by atomic mass is 9.97. The number of carbonyl (C=O) groups is 1. The summed E-state index contributed by atoms with van der Waals surface area (Å²) >= 11 is 0. The minimum atomic E-state index is 0.117. The molecule has 0 bridgehead atoms. The molecule has 1 aromatic carbocycles. The summed E-state index contributed by atoms with van der Waals surface area (Å²) < 4.78 is 9.50. The summed E-state index contributed by atoms with van der Waals surface area (Å²) in [6.45, 7) is 7.33. The molecule has 8 nitrogen and oxygen atoms in total. The molecule has 6 rings (SSSR count). The number of rotatable bonds is 4. The molecule has 1 saturated heterocycles. The van der Waals surface area contributed by atoms with E-state index in [9.17, 15) is 4.79 Å². The third-order valence-electron chi connectivity index (χ3n) is 7.29. The molecule has 3 aliphatic heterocycles. The minimum Gasteiger partial charge on any atom is -0.377 e. The molecule has 0 saturated carbocycles. The van der Waals surface area contributed by atoms with Crippen LogP contribution in [-0.4, -0.2) is 56.7 Å². The second-order valence-corrected chi connectivity index (χ2v) is 9.49.